The number of imidazole rings is 1. The topological polar surface area (TPSA) is 100.0 Å². The third-order valence-electron chi connectivity index (χ3n) is 5.94. The van der Waals surface area contributed by atoms with Crippen molar-refractivity contribution in [3.63, 3.8) is 0 Å². The number of para-hydroxylation sites is 1. The molecule has 1 fully saturated rings. The van der Waals surface area contributed by atoms with Crippen LogP contribution in [0.2, 0.25) is 5.02 Å². The molecule has 1 saturated carbocycles. The van der Waals surface area contributed by atoms with Gasteiger partial charge in [0.2, 0.25) is 0 Å². The Morgan fingerprint density at radius 1 is 1.08 bits per heavy atom. The van der Waals surface area contributed by atoms with Crippen LogP contribution in [0.5, 0.6) is 0 Å². The number of ether oxygens (including phenoxy) is 3. The van der Waals surface area contributed by atoms with Crippen molar-refractivity contribution >= 4 is 29.8 Å². The number of nitrogens with zero attached hydrogens (tertiary/aromatic N) is 3. The molecule has 0 bridgehead atoms. The van der Waals surface area contributed by atoms with Gasteiger partial charge in [0.25, 0.3) is 0 Å². The Labute approximate surface area is 229 Å². The Kier molecular flexibility index (Phi) is 8.81. The molecule has 0 aliphatic heterocycles. The summed E-state index contributed by atoms with van der Waals surface area (Å²) in [5, 5.41) is 0.577. The van der Waals surface area contributed by atoms with Gasteiger partial charge in [-0.2, -0.15) is 0 Å². The quantitative estimate of drug-likeness (QED) is 0.269. The number of imide groups is 1. The van der Waals surface area contributed by atoms with Gasteiger partial charge in [-0.3, -0.25) is 4.79 Å². The lowest BCUT2D eigenvalue weighted by Crippen LogP contribution is -2.44. The van der Waals surface area contributed by atoms with E-state index in [9.17, 15) is 14.4 Å². The summed E-state index contributed by atoms with van der Waals surface area (Å²) in [7, 11) is 0. The van der Waals surface area contributed by atoms with E-state index >= 15 is 0 Å². The first kappa shape index (κ1) is 29.5. The summed E-state index contributed by atoms with van der Waals surface area (Å²) in [4.78, 5) is 43.5. The third kappa shape index (κ3) is 7.49. The van der Waals surface area contributed by atoms with Gasteiger partial charge in [0.05, 0.1) is 17.0 Å². The van der Waals surface area contributed by atoms with Crippen LogP contribution in [-0.2, 0) is 24.6 Å². The Balaban J connectivity index is 1.74. The van der Waals surface area contributed by atoms with Crippen LogP contribution in [-0.4, -0.2) is 50.4 Å². The normalized spacial score (nSPS) is 19.0. The van der Waals surface area contributed by atoms with Crippen LogP contribution < -0.4 is 0 Å². The molecule has 10 heteroatoms. The third-order valence-corrected chi connectivity index (χ3v) is 6.26. The summed E-state index contributed by atoms with van der Waals surface area (Å²) in [6.45, 7) is 12.3. The molecule has 208 valence electrons. The van der Waals surface area contributed by atoms with Gasteiger partial charge in [-0.15, -0.1) is 0 Å². The first-order valence-corrected chi connectivity index (χ1v) is 13.3. The number of aromatic nitrogens is 2. The number of rotatable bonds is 8. The van der Waals surface area contributed by atoms with E-state index in [1.165, 1.54) is 0 Å². The zero-order valence-corrected chi connectivity index (χ0v) is 24.0. The molecular weight excluding hydrogens is 510 g/mol. The fraction of sp³-hybridized carbons (Fsp3) is 0.571. The molecule has 3 rings (SSSR count). The Morgan fingerprint density at radius 3 is 2.24 bits per heavy atom. The first-order chi connectivity index (χ1) is 17.6. The van der Waals surface area contributed by atoms with Crippen molar-refractivity contribution < 1.29 is 28.6 Å². The molecule has 0 radical (unpaired) electrons. The average molecular weight is 548 g/mol. The average Bonchev–Trinajstić information content (AvgIpc) is 3.24. The van der Waals surface area contributed by atoms with Crippen LogP contribution in [0, 0.1) is 5.92 Å². The minimum Gasteiger partial charge on any atom is -0.452 e. The highest BCUT2D eigenvalue weighted by Gasteiger charge is 2.60. The number of amides is 2. The van der Waals surface area contributed by atoms with E-state index in [0.29, 0.717) is 30.0 Å². The summed E-state index contributed by atoms with van der Waals surface area (Å²) < 4.78 is 18.6. The number of hydrogen-bond donors (Lipinski definition) is 0. The lowest BCUT2D eigenvalue weighted by atomic mass is 10.1. The number of halogens is 1. The maximum Gasteiger partial charge on any atom is 0.419 e. The summed E-state index contributed by atoms with van der Waals surface area (Å²) in [6, 6.07) is 7.41. The number of carbonyl (C=O) groups is 3. The highest BCUT2D eigenvalue weighted by Crippen LogP contribution is 2.57. The van der Waals surface area contributed by atoms with Gasteiger partial charge in [0.15, 0.2) is 5.60 Å². The van der Waals surface area contributed by atoms with Crippen LogP contribution in [0.3, 0.4) is 0 Å². The molecular formula is C28H38ClN3O6. The van der Waals surface area contributed by atoms with Gasteiger partial charge in [-0.1, -0.05) is 30.7 Å². The molecule has 0 N–H and O–H groups in total. The molecule has 9 nitrogen and oxygen atoms in total. The van der Waals surface area contributed by atoms with E-state index < -0.39 is 29.0 Å². The maximum atomic E-state index is 12.8. The van der Waals surface area contributed by atoms with Crippen molar-refractivity contribution in [2.24, 2.45) is 5.92 Å². The Bertz CT molecular complexity index is 1140. The summed E-state index contributed by atoms with van der Waals surface area (Å²) in [5.41, 5.74) is -0.981. The number of carbonyl (C=O) groups excluding carboxylic acids is 3. The van der Waals surface area contributed by atoms with Gasteiger partial charge < -0.3 is 18.8 Å². The smallest absolute Gasteiger partial charge is 0.419 e. The summed E-state index contributed by atoms with van der Waals surface area (Å²) in [6.07, 6.45) is 3.87. The predicted octanol–water partition coefficient (Wildman–Crippen LogP) is 6.65. The minimum absolute atomic E-state index is 0.0216. The predicted molar refractivity (Wildman–Crippen MR) is 143 cm³/mol. The second-order valence-electron chi connectivity index (χ2n) is 11.5. The van der Waals surface area contributed by atoms with Gasteiger partial charge in [0.1, 0.15) is 16.9 Å². The van der Waals surface area contributed by atoms with Crippen LogP contribution >= 0.6 is 11.6 Å². The monoisotopic (exact) mass is 547 g/mol. The SMILES string of the molecule is CCC(=O)OC1(c2cn(-c3ccccc3Cl)cn2)CC1CCCN(C(=O)OC(C)(C)C)C(=O)OC(C)(C)C. The molecule has 1 aromatic heterocycles. The molecule has 38 heavy (non-hydrogen) atoms. The second kappa shape index (κ2) is 11.4. The summed E-state index contributed by atoms with van der Waals surface area (Å²) in [5.74, 6) is -0.337. The molecule has 0 saturated heterocycles. The van der Waals surface area contributed by atoms with Crippen LogP contribution in [0.4, 0.5) is 9.59 Å². The molecule has 1 heterocycles. The molecule has 1 aromatic carbocycles. The molecule has 0 spiro atoms. The second-order valence-corrected chi connectivity index (χ2v) is 11.9. The Morgan fingerprint density at radius 2 is 1.68 bits per heavy atom. The van der Waals surface area contributed by atoms with E-state index in [1.54, 1.807) is 65.4 Å². The van der Waals surface area contributed by atoms with E-state index in [1.807, 2.05) is 24.4 Å². The zero-order valence-electron chi connectivity index (χ0n) is 23.2. The van der Waals surface area contributed by atoms with Crippen molar-refractivity contribution in [2.45, 2.75) is 91.0 Å². The van der Waals surface area contributed by atoms with Crippen molar-refractivity contribution in [2.75, 3.05) is 6.54 Å². The summed E-state index contributed by atoms with van der Waals surface area (Å²) >= 11 is 6.35. The number of hydrogen-bond acceptors (Lipinski definition) is 7. The van der Waals surface area contributed by atoms with Gasteiger partial charge in [-0.25, -0.2) is 19.5 Å². The highest BCUT2D eigenvalue weighted by atomic mass is 35.5. The van der Waals surface area contributed by atoms with Gasteiger partial charge in [0, 0.05) is 31.5 Å². The molecule has 2 amide bonds. The molecule has 1 aliphatic rings. The fourth-order valence-corrected chi connectivity index (χ4v) is 4.36. The lowest BCUT2D eigenvalue weighted by Gasteiger charge is -2.28. The van der Waals surface area contributed by atoms with Crippen molar-refractivity contribution in [3.05, 3.63) is 47.5 Å². The van der Waals surface area contributed by atoms with E-state index in [2.05, 4.69) is 4.98 Å². The lowest BCUT2D eigenvalue weighted by molar-refractivity contribution is -0.152. The molecule has 2 aromatic rings. The zero-order chi connectivity index (χ0) is 28.3. The molecule has 1 aliphatic carbocycles. The van der Waals surface area contributed by atoms with Crippen LogP contribution in [0.25, 0.3) is 5.69 Å². The van der Waals surface area contributed by atoms with Crippen molar-refractivity contribution in [1.29, 1.82) is 0 Å². The highest BCUT2D eigenvalue weighted by molar-refractivity contribution is 6.32. The first-order valence-electron chi connectivity index (χ1n) is 12.9. The maximum absolute atomic E-state index is 12.8. The van der Waals surface area contributed by atoms with Crippen LogP contribution in [0.15, 0.2) is 36.8 Å². The van der Waals surface area contributed by atoms with Crippen molar-refractivity contribution in [3.8, 4) is 5.69 Å². The molecule has 2 atom stereocenters. The van der Waals surface area contributed by atoms with Crippen LogP contribution in [0.1, 0.15) is 79.8 Å². The fourth-order valence-electron chi connectivity index (χ4n) is 4.13. The number of benzene rings is 1. The standard InChI is InChI=1S/C28H38ClN3O6/c1-8-23(33)36-28(22-17-31(18-30-22)21-14-10-9-13-20(21)29)16-19(28)12-11-15-32(24(34)37-26(2,3)4)25(35)38-27(5,6)7/h9-10,13-14,17-19H,8,11-12,15-16H2,1-7H3. The number of esters is 1. The van der Waals surface area contributed by atoms with E-state index in [-0.39, 0.29) is 24.9 Å². The van der Waals surface area contributed by atoms with Gasteiger partial charge in [-0.05, 0) is 66.5 Å². The van der Waals surface area contributed by atoms with Gasteiger partial charge >= 0.3 is 18.2 Å². The Hall–Kier alpha value is -3.07. The minimum atomic E-state index is -0.859. The van der Waals surface area contributed by atoms with Crippen molar-refractivity contribution in [1.82, 2.24) is 14.5 Å². The van der Waals surface area contributed by atoms with E-state index in [0.717, 1.165) is 10.6 Å². The van der Waals surface area contributed by atoms with E-state index in [4.69, 9.17) is 25.8 Å². The molecule has 2 unspecified atom stereocenters. The largest absolute Gasteiger partial charge is 0.452 e.